The van der Waals surface area contributed by atoms with Gasteiger partial charge in [-0.2, -0.15) is 0 Å². The summed E-state index contributed by atoms with van der Waals surface area (Å²) in [6.45, 7) is 12.7. The largest absolute Gasteiger partial charge is 0.490 e. The summed E-state index contributed by atoms with van der Waals surface area (Å²) in [6, 6.07) is 12.5. The molecule has 0 bridgehead atoms. The van der Waals surface area contributed by atoms with E-state index >= 15 is 0 Å². The van der Waals surface area contributed by atoms with Gasteiger partial charge in [0.1, 0.15) is 35.3 Å². The standard InChI is InChI=1S/C30H38FNO8S/c1-6-27(40-24(4)25-12-14-26(31)15-13-25)22-23(3)32(41(5,34)35)16-17-36-18-19-37-20-21-39-29-11-9-8-10-28(29)30(33)38-7-2/h8-15,22H,3-4,6-7,16-21H2,1-2,5H3/b27-22+. The van der Waals surface area contributed by atoms with Crippen molar-refractivity contribution >= 4 is 21.8 Å². The number of hydrogen-bond acceptors (Lipinski definition) is 8. The molecule has 41 heavy (non-hydrogen) atoms. The highest BCUT2D eigenvalue weighted by molar-refractivity contribution is 7.88. The smallest absolute Gasteiger partial charge is 0.341 e. The highest BCUT2D eigenvalue weighted by Gasteiger charge is 2.18. The molecule has 0 atom stereocenters. The van der Waals surface area contributed by atoms with Crippen LogP contribution < -0.4 is 4.74 Å². The third-order valence-electron chi connectivity index (χ3n) is 5.50. The minimum atomic E-state index is -3.64. The van der Waals surface area contributed by atoms with Gasteiger partial charge in [-0.1, -0.05) is 32.2 Å². The van der Waals surface area contributed by atoms with Crippen LogP contribution in [0.5, 0.6) is 5.75 Å². The molecule has 0 fully saturated rings. The zero-order valence-electron chi connectivity index (χ0n) is 23.8. The second kappa shape index (κ2) is 17.2. The third-order valence-corrected chi connectivity index (χ3v) is 6.71. The zero-order valence-corrected chi connectivity index (χ0v) is 24.6. The summed E-state index contributed by atoms with van der Waals surface area (Å²) in [5.41, 5.74) is 1.15. The first-order chi connectivity index (χ1) is 19.6. The van der Waals surface area contributed by atoms with Crippen molar-refractivity contribution in [3.8, 4) is 5.75 Å². The molecule has 9 nitrogen and oxygen atoms in total. The summed E-state index contributed by atoms with van der Waals surface area (Å²) in [7, 11) is -3.64. The number of rotatable bonds is 19. The minimum absolute atomic E-state index is 0.0395. The molecule has 0 heterocycles. The van der Waals surface area contributed by atoms with Crippen LogP contribution >= 0.6 is 0 Å². The lowest BCUT2D eigenvalue weighted by Crippen LogP contribution is -2.32. The number of allylic oxidation sites excluding steroid dienone is 2. The van der Waals surface area contributed by atoms with Crippen molar-refractivity contribution in [2.24, 2.45) is 0 Å². The van der Waals surface area contributed by atoms with Crippen molar-refractivity contribution in [3.05, 3.63) is 96.2 Å². The SMILES string of the molecule is C=C(O/C(=C/C(=C)N(CCOCCOCCOc1ccccc1C(=O)OCC)S(C)(=O)=O)CC)c1ccc(F)cc1. The van der Waals surface area contributed by atoms with Gasteiger partial charge in [0.05, 0.1) is 45.8 Å². The van der Waals surface area contributed by atoms with E-state index in [0.717, 1.165) is 10.6 Å². The van der Waals surface area contributed by atoms with Crippen LogP contribution in [0.15, 0.2) is 79.2 Å². The van der Waals surface area contributed by atoms with Gasteiger partial charge in [0.2, 0.25) is 10.0 Å². The van der Waals surface area contributed by atoms with Gasteiger partial charge < -0.3 is 23.7 Å². The quantitative estimate of drug-likeness (QED) is 0.0955. The first kappa shape index (κ1) is 33.5. The van der Waals surface area contributed by atoms with Crippen LogP contribution in [0.2, 0.25) is 0 Å². The minimum Gasteiger partial charge on any atom is -0.490 e. The lowest BCUT2D eigenvalue weighted by molar-refractivity contribution is 0.0344. The van der Waals surface area contributed by atoms with Crippen LogP contribution in [0.3, 0.4) is 0 Å². The van der Waals surface area contributed by atoms with Crippen LogP contribution in [0.25, 0.3) is 5.76 Å². The van der Waals surface area contributed by atoms with Gasteiger partial charge in [-0.3, -0.25) is 4.31 Å². The van der Waals surface area contributed by atoms with E-state index in [0.29, 0.717) is 34.8 Å². The Labute approximate surface area is 241 Å². The number of hydrogen-bond donors (Lipinski definition) is 0. The predicted molar refractivity (Wildman–Crippen MR) is 155 cm³/mol. The summed E-state index contributed by atoms with van der Waals surface area (Å²) in [6.07, 6.45) is 3.06. The summed E-state index contributed by atoms with van der Waals surface area (Å²) in [5.74, 6) is 0.333. The fraction of sp³-hybridized carbons (Fsp3) is 0.367. The van der Waals surface area contributed by atoms with Crippen LogP contribution in [0.1, 0.15) is 36.2 Å². The number of esters is 1. The molecule has 2 aromatic carbocycles. The normalized spacial score (nSPS) is 11.6. The highest BCUT2D eigenvalue weighted by Crippen LogP contribution is 2.22. The second-order valence-corrected chi connectivity index (χ2v) is 10.5. The number of para-hydroxylation sites is 1. The Bertz CT molecular complexity index is 1290. The topological polar surface area (TPSA) is 101 Å². The number of carbonyl (C=O) groups is 1. The molecular formula is C30H38FNO8S. The molecule has 0 aliphatic rings. The maximum Gasteiger partial charge on any atom is 0.341 e. The fourth-order valence-corrected chi connectivity index (χ4v) is 4.37. The zero-order chi connectivity index (χ0) is 30.3. The number of halogens is 1. The maximum absolute atomic E-state index is 13.2. The molecule has 2 rings (SSSR count). The van der Waals surface area contributed by atoms with Crippen molar-refractivity contribution in [3.63, 3.8) is 0 Å². The molecule has 0 aromatic heterocycles. The molecule has 0 saturated heterocycles. The average molecular weight is 592 g/mol. The Kier molecular flexibility index (Phi) is 14.1. The van der Waals surface area contributed by atoms with E-state index in [1.165, 1.54) is 18.2 Å². The number of carbonyl (C=O) groups excluding carboxylic acids is 1. The Hall–Kier alpha value is -3.67. The van der Waals surface area contributed by atoms with Gasteiger partial charge in [0.15, 0.2) is 0 Å². The average Bonchev–Trinajstić information content (AvgIpc) is 2.93. The van der Waals surface area contributed by atoms with Crippen molar-refractivity contribution in [1.29, 1.82) is 0 Å². The summed E-state index contributed by atoms with van der Waals surface area (Å²) < 4.78 is 66.6. The number of benzene rings is 2. The third kappa shape index (κ3) is 11.8. The molecule has 0 radical (unpaired) electrons. The maximum atomic E-state index is 13.2. The predicted octanol–water partition coefficient (Wildman–Crippen LogP) is 5.17. The number of sulfonamides is 1. The molecule has 0 aliphatic carbocycles. The molecule has 0 N–H and O–H groups in total. The van der Waals surface area contributed by atoms with Gasteiger partial charge in [-0.15, -0.1) is 0 Å². The fourth-order valence-electron chi connectivity index (χ4n) is 3.49. The van der Waals surface area contributed by atoms with Crippen molar-refractivity contribution in [2.75, 3.05) is 52.4 Å². The Morgan fingerprint density at radius 3 is 2.22 bits per heavy atom. The Balaban J connectivity index is 1.77. The summed E-state index contributed by atoms with van der Waals surface area (Å²) in [5, 5.41) is 0. The molecule has 0 spiro atoms. The molecule has 0 saturated carbocycles. The van der Waals surface area contributed by atoms with Gasteiger partial charge >= 0.3 is 5.97 Å². The molecule has 0 aliphatic heterocycles. The first-order valence-electron chi connectivity index (χ1n) is 13.1. The summed E-state index contributed by atoms with van der Waals surface area (Å²) in [4.78, 5) is 12.0. The molecule has 11 heteroatoms. The van der Waals surface area contributed by atoms with E-state index in [-0.39, 0.29) is 57.7 Å². The molecule has 0 unspecified atom stereocenters. The lowest BCUT2D eigenvalue weighted by Gasteiger charge is -2.23. The number of ether oxygens (including phenoxy) is 5. The van der Waals surface area contributed by atoms with Crippen LogP contribution in [-0.4, -0.2) is 71.1 Å². The molecule has 2 aromatic rings. The van der Waals surface area contributed by atoms with Crippen LogP contribution in [-0.2, 0) is 29.0 Å². The Morgan fingerprint density at radius 1 is 0.951 bits per heavy atom. The molecule has 224 valence electrons. The Morgan fingerprint density at radius 2 is 1.59 bits per heavy atom. The second-order valence-electron chi connectivity index (χ2n) is 8.61. The summed E-state index contributed by atoms with van der Waals surface area (Å²) >= 11 is 0. The van der Waals surface area contributed by atoms with E-state index in [2.05, 4.69) is 13.2 Å². The van der Waals surface area contributed by atoms with Crippen molar-refractivity contribution in [2.45, 2.75) is 20.3 Å². The number of nitrogens with zero attached hydrogens (tertiary/aromatic N) is 1. The first-order valence-corrected chi connectivity index (χ1v) is 15.0. The van der Waals surface area contributed by atoms with E-state index in [9.17, 15) is 17.6 Å². The van der Waals surface area contributed by atoms with Crippen LogP contribution in [0.4, 0.5) is 4.39 Å². The van der Waals surface area contributed by atoms with E-state index < -0.39 is 16.0 Å². The van der Waals surface area contributed by atoms with Gasteiger partial charge in [0.25, 0.3) is 0 Å². The molecule has 0 amide bonds. The van der Waals surface area contributed by atoms with Crippen molar-refractivity contribution < 1.29 is 41.3 Å². The van der Waals surface area contributed by atoms with E-state index in [4.69, 9.17) is 23.7 Å². The highest BCUT2D eigenvalue weighted by atomic mass is 32.2. The van der Waals surface area contributed by atoms with Gasteiger partial charge in [-0.05, 0) is 43.3 Å². The van der Waals surface area contributed by atoms with Crippen LogP contribution in [0, 0.1) is 5.82 Å². The van der Waals surface area contributed by atoms with E-state index in [1.54, 1.807) is 43.3 Å². The monoisotopic (exact) mass is 591 g/mol. The molecular weight excluding hydrogens is 553 g/mol. The van der Waals surface area contributed by atoms with Gasteiger partial charge in [-0.25, -0.2) is 17.6 Å². The van der Waals surface area contributed by atoms with Crippen molar-refractivity contribution in [1.82, 2.24) is 4.31 Å². The lowest BCUT2D eigenvalue weighted by atomic mass is 10.2. The van der Waals surface area contributed by atoms with Gasteiger partial charge in [0, 0.05) is 23.8 Å². The van der Waals surface area contributed by atoms with E-state index in [1.807, 2.05) is 6.92 Å².